The van der Waals surface area contributed by atoms with Gasteiger partial charge in [0.1, 0.15) is 0 Å². The van der Waals surface area contributed by atoms with Gasteiger partial charge in [0.15, 0.2) is 0 Å². The van der Waals surface area contributed by atoms with Crippen molar-refractivity contribution in [3.63, 3.8) is 0 Å². The molecular weight excluding hydrogens is 290 g/mol. The van der Waals surface area contributed by atoms with Gasteiger partial charge in [-0.25, -0.2) is 0 Å². The molecule has 1 saturated carbocycles. The van der Waals surface area contributed by atoms with Gasteiger partial charge in [0.2, 0.25) is 0 Å². The summed E-state index contributed by atoms with van der Waals surface area (Å²) >= 11 is 3.42. The number of rotatable bonds is 2. The van der Waals surface area contributed by atoms with Crippen molar-refractivity contribution in [2.75, 3.05) is 0 Å². The molecule has 0 radical (unpaired) electrons. The highest BCUT2D eigenvalue weighted by Gasteiger charge is 2.29. The van der Waals surface area contributed by atoms with Crippen LogP contribution in [0.5, 0.6) is 0 Å². The number of hydrogen-bond donors (Lipinski definition) is 1. The fourth-order valence-electron chi connectivity index (χ4n) is 2.64. The molecule has 1 aliphatic carbocycles. The summed E-state index contributed by atoms with van der Waals surface area (Å²) in [7, 11) is 0. The zero-order chi connectivity index (χ0) is 13.2. The van der Waals surface area contributed by atoms with Crippen molar-refractivity contribution in [1.29, 1.82) is 0 Å². The third-order valence-electron chi connectivity index (χ3n) is 3.82. The first kappa shape index (κ1) is 13.6. The summed E-state index contributed by atoms with van der Waals surface area (Å²) in [6.45, 7) is 4.14. The van der Waals surface area contributed by atoms with Gasteiger partial charge >= 0.3 is 0 Å². The number of benzene rings is 1. The minimum Gasteiger partial charge on any atom is -0.347 e. The second-order valence-electron chi connectivity index (χ2n) is 5.53. The van der Waals surface area contributed by atoms with Gasteiger partial charge in [-0.05, 0) is 44.4 Å². The molecule has 0 atom stereocenters. The maximum atomic E-state index is 12.4. The van der Waals surface area contributed by atoms with Crippen LogP contribution < -0.4 is 5.32 Å². The number of hydrogen-bond acceptors (Lipinski definition) is 1. The van der Waals surface area contributed by atoms with Crippen molar-refractivity contribution in [2.45, 2.75) is 51.5 Å². The molecule has 0 aromatic heterocycles. The molecule has 0 unspecified atom stereocenters. The van der Waals surface area contributed by atoms with Crippen LogP contribution in [-0.2, 0) is 0 Å². The minimum absolute atomic E-state index is 0.0237. The first-order chi connectivity index (χ1) is 8.50. The van der Waals surface area contributed by atoms with Crippen molar-refractivity contribution in [3.8, 4) is 0 Å². The Labute approximate surface area is 117 Å². The molecule has 3 heteroatoms. The maximum absolute atomic E-state index is 12.4. The fourth-order valence-corrected chi connectivity index (χ4v) is 3.00. The first-order valence-electron chi connectivity index (χ1n) is 6.59. The van der Waals surface area contributed by atoms with E-state index >= 15 is 0 Å². The molecule has 1 fully saturated rings. The summed E-state index contributed by atoms with van der Waals surface area (Å²) in [4.78, 5) is 12.4. The van der Waals surface area contributed by atoms with Crippen molar-refractivity contribution in [2.24, 2.45) is 0 Å². The Morgan fingerprint density at radius 1 is 1.28 bits per heavy atom. The zero-order valence-electron chi connectivity index (χ0n) is 11.1. The van der Waals surface area contributed by atoms with E-state index in [0.29, 0.717) is 0 Å². The lowest BCUT2D eigenvalue weighted by atomic mass is 9.83. The lowest BCUT2D eigenvalue weighted by Gasteiger charge is -2.34. The summed E-state index contributed by atoms with van der Waals surface area (Å²) in [5.74, 6) is 0.0539. The van der Waals surface area contributed by atoms with Crippen LogP contribution in [-0.4, -0.2) is 11.4 Å². The molecule has 0 spiro atoms. The lowest BCUT2D eigenvalue weighted by molar-refractivity contribution is 0.0882. The smallest absolute Gasteiger partial charge is 0.252 e. The van der Waals surface area contributed by atoms with E-state index in [4.69, 9.17) is 0 Å². The molecule has 2 nitrogen and oxygen atoms in total. The summed E-state index contributed by atoms with van der Waals surface area (Å²) < 4.78 is 0.951. The second-order valence-corrected chi connectivity index (χ2v) is 6.45. The Kier molecular flexibility index (Phi) is 4.10. The van der Waals surface area contributed by atoms with E-state index in [-0.39, 0.29) is 11.4 Å². The van der Waals surface area contributed by atoms with Gasteiger partial charge in [-0.1, -0.05) is 41.3 Å². The van der Waals surface area contributed by atoms with Gasteiger partial charge in [0.05, 0.1) is 0 Å². The molecule has 1 aromatic carbocycles. The molecule has 0 aliphatic heterocycles. The largest absolute Gasteiger partial charge is 0.347 e. The van der Waals surface area contributed by atoms with Gasteiger partial charge in [0.25, 0.3) is 5.91 Å². The molecule has 0 bridgehead atoms. The van der Waals surface area contributed by atoms with Gasteiger partial charge in [-0.3, -0.25) is 4.79 Å². The monoisotopic (exact) mass is 309 g/mol. The van der Waals surface area contributed by atoms with Crippen LogP contribution in [0.2, 0.25) is 0 Å². The van der Waals surface area contributed by atoms with E-state index in [9.17, 15) is 4.79 Å². The third kappa shape index (κ3) is 3.14. The summed E-state index contributed by atoms with van der Waals surface area (Å²) in [6, 6.07) is 5.84. The average Bonchev–Trinajstić information content (AvgIpc) is 2.32. The van der Waals surface area contributed by atoms with E-state index in [1.807, 2.05) is 25.1 Å². The summed E-state index contributed by atoms with van der Waals surface area (Å²) in [6.07, 6.45) is 5.90. The van der Waals surface area contributed by atoms with Gasteiger partial charge in [-0.15, -0.1) is 0 Å². The van der Waals surface area contributed by atoms with Crippen molar-refractivity contribution in [3.05, 3.63) is 33.8 Å². The highest BCUT2D eigenvalue weighted by atomic mass is 79.9. The predicted octanol–water partition coefficient (Wildman–Crippen LogP) is 4.21. The van der Waals surface area contributed by atoms with Crippen molar-refractivity contribution >= 4 is 21.8 Å². The Bertz CT molecular complexity index is 450. The van der Waals surface area contributed by atoms with Crippen LogP contribution in [0, 0.1) is 6.92 Å². The molecular formula is C15H20BrNO. The molecule has 98 valence electrons. The van der Waals surface area contributed by atoms with E-state index in [1.54, 1.807) is 0 Å². The predicted molar refractivity (Wildman–Crippen MR) is 77.8 cm³/mol. The minimum atomic E-state index is -0.0237. The third-order valence-corrected chi connectivity index (χ3v) is 4.31. The summed E-state index contributed by atoms with van der Waals surface area (Å²) in [5, 5.41) is 3.22. The van der Waals surface area contributed by atoms with Crippen molar-refractivity contribution < 1.29 is 4.79 Å². The molecule has 0 saturated heterocycles. The molecule has 1 N–H and O–H groups in total. The van der Waals surface area contributed by atoms with Crippen LogP contribution in [0.4, 0.5) is 0 Å². The van der Waals surface area contributed by atoms with Crippen LogP contribution in [0.15, 0.2) is 22.7 Å². The number of halogens is 1. The van der Waals surface area contributed by atoms with Crippen LogP contribution >= 0.6 is 15.9 Å². The molecule has 1 aromatic rings. The quantitative estimate of drug-likeness (QED) is 0.871. The number of carbonyl (C=O) groups excluding carboxylic acids is 1. The van der Waals surface area contributed by atoms with E-state index < -0.39 is 0 Å². The number of carbonyl (C=O) groups is 1. The highest BCUT2D eigenvalue weighted by Crippen LogP contribution is 2.28. The lowest BCUT2D eigenvalue weighted by Crippen LogP contribution is -2.47. The number of amides is 1. The van der Waals surface area contributed by atoms with Crippen LogP contribution in [0.1, 0.15) is 54.9 Å². The zero-order valence-corrected chi connectivity index (χ0v) is 12.6. The SMILES string of the molecule is Cc1ccc(Br)cc1C(=O)NC1(C)CCCCC1. The Morgan fingerprint density at radius 2 is 1.94 bits per heavy atom. The van der Waals surface area contributed by atoms with E-state index in [1.165, 1.54) is 19.3 Å². The molecule has 0 heterocycles. The number of nitrogens with one attached hydrogen (secondary N) is 1. The van der Waals surface area contributed by atoms with Crippen LogP contribution in [0.3, 0.4) is 0 Å². The second kappa shape index (κ2) is 5.43. The Balaban J connectivity index is 2.14. The topological polar surface area (TPSA) is 29.1 Å². The molecule has 18 heavy (non-hydrogen) atoms. The molecule has 2 rings (SSSR count). The molecule has 1 aliphatic rings. The maximum Gasteiger partial charge on any atom is 0.252 e. The fraction of sp³-hybridized carbons (Fsp3) is 0.533. The normalized spacial score (nSPS) is 18.4. The summed E-state index contributed by atoms with van der Waals surface area (Å²) in [5.41, 5.74) is 1.77. The van der Waals surface area contributed by atoms with E-state index in [2.05, 4.69) is 28.2 Å². The molecule has 1 amide bonds. The standard InChI is InChI=1S/C15H20BrNO/c1-11-6-7-12(16)10-13(11)14(18)17-15(2)8-4-3-5-9-15/h6-7,10H,3-5,8-9H2,1-2H3,(H,17,18). The van der Waals surface area contributed by atoms with Gasteiger partial charge < -0.3 is 5.32 Å². The average molecular weight is 310 g/mol. The first-order valence-corrected chi connectivity index (χ1v) is 7.38. The number of aryl methyl sites for hydroxylation is 1. The van der Waals surface area contributed by atoms with E-state index in [0.717, 1.165) is 28.4 Å². The van der Waals surface area contributed by atoms with Crippen molar-refractivity contribution in [1.82, 2.24) is 5.32 Å². The van der Waals surface area contributed by atoms with Gasteiger partial charge in [-0.2, -0.15) is 0 Å². The van der Waals surface area contributed by atoms with Gasteiger partial charge in [0, 0.05) is 15.6 Å². The Morgan fingerprint density at radius 3 is 2.61 bits per heavy atom. The Hall–Kier alpha value is -0.830. The van der Waals surface area contributed by atoms with Crippen LogP contribution in [0.25, 0.3) is 0 Å². The highest BCUT2D eigenvalue weighted by molar-refractivity contribution is 9.10.